The number of hydrogen-bond acceptors (Lipinski definition) is 5. The van der Waals surface area contributed by atoms with E-state index in [9.17, 15) is 18.0 Å². The molecule has 1 aromatic rings. The van der Waals surface area contributed by atoms with Gasteiger partial charge in [-0.25, -0.2) is 4.79 Å². The zero-order valence-electron chi connectivity index (χ0n) is 14.6. The van der Waals surface area contributed by atoms with E-state index in [1.165, 1.54) is 4.88 Å². The van der Waals surface area contributed by atoms with Crippen molar-refractivity contribution in [3.8, 4) is 0 Å². The minimum absolute atomic E-state index is 0.129. The number of carbonyl (C=O) groups is 2. The van der Waals surface area contributed by atoms with Gasteiger partial charge in [-0.15, -0.1) is 11.3 Å². The second kappa shape index (κ2) is 10.0. The number of alkyl halides is 3. The Morgan fingerprint density at radius 1 is 1.41 bits per heavy atom. The summed E-state index contributed by atoms with van der Waals surface area (Å²) >= 11 is 1.74. The molecule has 6 nitrogen and oxygen atoms in total. The van der Waals surface area contributed by atoms with Crippen LogP contribution < -0.4 is 10.6 Å². The summed E-state index contributed by atoms with van der Waals surface area (Å²) in [5.41, 5.74) is 0. The molecule has 0 spiro atoms. The van der Waals surface area contributed by atoms with Crippen molar-refractivity contribution >= 4 is 23.2 Å². The lowest BCUT2D eigenvalue weighted by molar-refractivity contribution is -0.192. The van der Waals surface area contributed by atoms with Gasteiger partial charge in [-0.1, -0.05) is 6.07 Å². The molecule has 27 heavy (non-hydrogen) atoms. The van der Waals surface area contributed by atoms with Crippen LogP contribution in [0.5, 0.6) is 0 Å². The number of ether oxygens (including phenoxy) is 1. The highest BCUT2D eigenvalue weighted by Crippen LogP contribution is 2.33. The minimum Gasteiger partial charge on any atom is -0.475 e. The molecule has 2 aliphatic heterocycles. The number of fused-ring (bicyclic) bond motifs is 1. The van der Waals surface area contributed by atoms with Crippen molar-refractivity contribution in [2.45, 2.75) is 31.5 Å². The molecule has 152 valence electrons. The maximum absolute atomic E-state index is 12.0. The third-order valence-electron chi connectivity index (χ3n) is 4.57. The molecule has 1 aromatic heterocycles. The highest BCUT2D eigenvalue weighted by molar-refractivity contribution is 7.09. The predicted octanol–water partition coefficient (Wildman–Crippen LogP) is 2.05. The molecule has 0 aromatic carbocycles. The number of halogens is 3. The molecule has 3 N–H and O–H groups in total. The number of rotatable bonds is 5. The summed E-state index contributed by atoms with van der Waals surface area (Å²) in [4.78, 5) is 22.2. The van der Waals surface area contributed by atoms with Crippen molar-refractivity contribution in [1.29, 1.82) is 0 Å². The van der Waals surface area contributed by atoms with E-state index in [1.807, 2.05) is 6.07 Å². The maximum atomic E-state index is 12.0. The number of aliphatic carboxylic acids is 1. The van der Waals surface area contributed by atoms with Crippen LogP contribution in [0.1, 0.15) is 17.7 Å². The van der Waals surface area contributed by atoms with E-state index in [4.69, 9.17) is 14.6 Å². The fourth-order valence-electron chi connectivity index (χ4n) is 3.23. The van der Waals surface area contributed by atoms with E-state index in [0.717, 1.165) is 39.1 Å². The molecule has 2 aliphatic rings. The lowest BCUT2D eigenvalue weighted by Gasteiger charge is -2.27. The van der Waals surface area contributed by atoms with E-state index in [2.05, 4.69) is 22.1 Å². The first-order valence-corrected chi connectivity index (χ1v) is 9.57. The third kappa shape index (κ3) is 7.11. The number of amides is 1. The molecule has 3 heterocycles. The number of thiophene rings is 1. The highest BCUT2D eigenvalue weighted by Gasteiger charge is 2.39. The van der Waals surface area contributed by atoms with Crippen molar-refractivity contribution in [1.82, 2.24) is 10.6 Å². The summed E-state index contributed by atoms with van der Waals surface area (Å²) in [6.07, 6.45) is -2.38. The molecule has 2 saturated heterocycles. The fourth-order valence-corrected chi connectivity index (χ4v) is 3.94. The van der Waals surface area contributed by atoms with Crippen LogP contribution in [0.2, 0.25) is 0 Å². The first-order chi connectivity index (χ1) is 12.8. The summed E-state index contributed by atoms with van der Waals surface area (Å²) in [5, 5.41) is 15.6. The molecule has 0 unspecified atom stereocenters. The van der Waals surface area contributed by atoms with E-state index < -0.39 is 12.1 Å². The van der Waals surface area contributed by atoms with Gasteiger partial charge in [-0.3, -0.25) is 4.79 Å². The number of carbonyl (C=O) groups excluding carboxylic acids is 1. The molecule has 3 atom stereocenters. The van der Waals surface area contributed by atoms with Crippen molar-refractivity contribution in [2.24, 2.45) is 11.8 Å². The number of piperidine rings is 1. The lowest BCUT2D eigenvalue weighted by Crippen LogP contribution is -2.39. The SMILES string of the molecule is O=C(C[C@@H]1OC[C@H]2CNCC[C@H]21)NCCc1cccs1.O=C(O)C(F)(F)F. The molecular weight excluding hydrogens is 385 g/mol. The summed E-state index contributed by atoms with van der Waals surface area (Å²) < 4.78 is 37.6. The number of carboxylic acid groups (broad SMARTS) is 1. The predicted molar refractivity (Wildman–Crippen MR) is 93.5 cm³/mol. The van der Waals surface area contributed by atoms with Gasteiger partial charge in [0, 0.05) is 23.9 Å². The van der Waals surface area contributed by atoms with Crippen molar-refractivity contribution in [2.75, 3.05) is 26.2 Å². The Balaban J connectivity index is 0.000000321. The topological polar surface area (TPSA) is 87.7 Å². The van der Waals surface area contributed by atoms with Crippen LogP contribution in [0.4, 0.5) is 13.2 Å². The average Bonchev–Trinajstić information content (AvgIpc) is 3.25. The van der Waals surface area contributed by atoms with Gasteiger partial charge >= 0.3 is 12.1 Å². The van der Waals surface area contributed by atoms with Gasteiger partial charge in [0.05, 0.1) is 19.1 Å². The van der Waals surface area contributed by atoms with Gasteiger partial charge in [-0.2, -0.15) is 13.2 Å². The van der Waals surface area contributed by atoms with Gasteiger partial charge in [0.1, 0.15) is 0 Å². The van der Waals surface area contributed by atoms with E-state index >= 15 is 0 Å². The normalized spacial score (nSPS) is 24.5. The van der Waals surface area contributed by atoms with Crippen LogP contribution in [0.15, 0.2) is 17.5 Å². The van der Waals surface area contributed by atoms with Crippen LogP contribution >= 0.6 is 11.3 Å². The van der Waals surface area contributed by atoms with Crippen molar-refractivity contribution < 1.29 is 32.6 Å². The summed E-state index contributed by atoms with van der Waals surface area (Å²) in [5.74, 6) is -1.45. The first-order valence-electron chi connectivity index (χ1n) is 8.69. The summed E-state index contributed by atoms with van der Waals surface area (Å²) in [6, 6.07) is 4.15. The Hall–Kier alpha value is -1.65. The quantitative estimate of drug-likeness (QED) is 0.694. The Kier molecular flexibility index (Phi) is 8.06. The number of nitrogens with one attached hydrogen (secondary N) is 2. The van der Waals surface area contributed by atoms with Crippen LogP contribution in [0.3, 0.4) is 0 Å². The van der Waals surface area contributed by atoms with Gasteiger partial charge in [0.15, 0.2) is 0 Å². The maximum Gasteiger partial charge on any atom is 0.490 e. The largest absolute Gasteiger partial charge is 0.490 e. The van der Waals surface area contributed by atoms with Crippen molar-refractivity contribution in [3.05, 3.63) is 22.4 Å². The summed E-state index contributed by atoms with van der Waals surface area (Å²) in [6.45, 7) is 3.63. The van der Waals surface area contributed by atoms with Gasteiger partial charge < -0.3 is 20.5 Å². The molecule has 1 amide bonds. The Bertz CT molecular complexity index is 610. The molecule has 3 rings (SSSR count). The molecule has 0 bridgehead atoms. The van der Waals surface area contributed by atoms with Crippen LogP contribution in [0.25, 0.3) is 0 Å². The standard InChI is InChI=1S/C15H22N2O2S.C2HF3O2/c18-15(17-6-3-12-2-1-7-20-12)8-14-13-4-5-16-9-11(13)10-19-14;3-2(4,5)1(6)7/h1-2,7,11,13-14,16H,3-6,8-10H2,(H,17,18);(H,6,7)/t11-,13-,14+;/m1./s1. The third-order valence-corrected chi connectivity index (χ3v) is 5.51. The highest BCUT2D eigenvalue weighted by atomic mass is 32.1. The van der Waals surface area contributed by atoms with E-state index in [-0.39, 0.29) is 12.0 Å². The average molecular weight is 408 g/mol. The second-order valence-corrected chi connectivity index (χ2v) is 7.51. The zero-order valence-corrected chi connectivity index (χ0v) is 15.4. The smallest absolute Gasteiger partial charge is 0.475 e. The van der Waals surface area contributed by atoms with E-state index in [1.54, 1.807) is 11.3 Å². The molecule has 2 fully saturated rings. The summed E-state index contributed by atoms with van der Waals surface area (Å²) in [7, 11) is 0. The molecule has 0 aliphatic carbocycles. The monoisotopic (exact) mass is 408 g/mol. The molecule has 0 radical (unpaired) electrons. The van der Waals surface area contributed by atoms with E-state index in [0.29, 0.717) is 18.3 Å². The zero-order chi connectivity index (χ0) is 19.9. The molecule has 0 saturated carbocycles. The Labute approximate surface area is 159 Å². The van der Waals surface area contributed by atoms with Crippen molar-refractivity contribution in [3.63, 3.8) is 0 Å². The fraction of sp³-hybridized carbons (Fsp3) is 0.647. The molecular formula is C17H23F3N2O4S. The second-order valence-electron chi connectivity index (χ2n) is 6.47. The van der Waals surface area contributed by atoms with Gasteiger partial charge in [0.25, 0.3) is 0 Å². The van der Waals surface area contributed by atoms with Crippen LogP contribution in [-0.2, 0) is 20.7 Å². The van der Waals surface area contributed by atoms with Crippen LogP contribution in [0, 0.1) is 11.8 Å². The van der Waals surface area contributed by atoms with Gasteiger partial charge in [-0.05, 0) is 36.8 Å². The minimum atomic E-state index is -5.08. The van der Waals surface area contributed by atoms with Crippen LogP contribution in [-0.4, -0.2) is 55.5 Å². The Morgan fingerprint density at radius 3 is 2.78 bits per heavy atom. The number of hydrogen-bond donors (Lipinski definition) is 3. The Morgan fingerprint density at radius 2 is 2.15 bits per heavy atom. The number of carboxylic acids is 1. The van der Waals surface area contributed by atoms with Gasteiger partial charge in [0.2, 0.25) is 5.91 Å². The first kappa shape index (κ1) is 21.6. The lowest BCUT2D eigenvalue weighted by atomic mass is 9.84. The molecule has 10 heteroatoms.